The van der Waals surface area contributed by atoms with E-state index in [0.29, 0.717) is 31.8 Å². The van der Waals surface area contributed by atoms with Crippen LogP contribution in [-0.2, 0) is 19.0 Å². The second-order valence-electron chi connectivity index (χ2n) is 6.97. The van der Waals surface area contributed by atoms with E-state index in [-0.39, 0.29) is 29.4 Å². The van der Waals surface area contributed by atoms with Crippen LogP contribution in [-0.4, -0.2) is 63.0 Å². The topological polar surface area (TPSA) is 116 Å². The molecule has 1 heterocycles. The molecule has 1 aliphatic heterocycles. The summed E-state index contributed by atoms with van der Waals surface area (Å²) in [7, 11) is -4.19. The van der Waals surface area contributed by atoms with Gasteiger partial charge in [0.05, 0.1) is 24.2 Å². The average Bonchev–Trinajstić information content (AvgIpc) is 2.77. The lowest BCUT2D eigenvalue weighted by Crippen LogP contribution is -2.45. The summed E-state index contributed by atoms with van der Waals surface area (Å²) in [6, 6.07) is 9.95. The third-order valence-electron chi connectivity index (χ3n) is 4.77. The molecule has 0 saturated carbocycles. The Morgan fingerprint density at radius 1 is 1.26 bits per heavy atom. The number of rotatable bonds is 9. The van der Waals surface area contributed by atoms with E-state index >= 15 is 0 Å². The SMILES string of the molecule is O=C(CCN1CCOC(COS(=O)(=O)c2cccc([N+](=O)[O-])c2)C1)c1ccc(F)cc1. The van der Waals surface area contributed by atoms with Crippen LogP contribution in [0.1, 0.15) is 16.8 Å². The number of hydrogen-bond donors (Lipinski definition) is 0. The fourth-order valence-corrected chi connectivity index (χ4v) is 4.09. The van der Waals surface area contributed by atoms with Crippen molar-refractivity contribution in [1.29, 1.82) is 0 Å². The number of nitro groups is 1. The maximum atomic E-state index is 13.0. The van der Waals surface area contributed by atoms with E-state index in [1.165, 1.54) is 42.5 Å². The van der Waals surface area contributed by atoms with Crippen molar-refractivity contribution in [2.45, 2.75) is 17.4 Å². The van der Waals surface area contributed by atoms with Gasteiger partial charge in [-0.1, -0.05) is 6.07 Å². The molecule has 166 valence electrons. The summed E-state index contributed by atoms with van der Waals surface area (Å²) in [6.45, 7) is 1.46. The molecule has 1 atom stereocenters. The minimum absolute atomic E-state index is 0.118. The number of nitrogens with zero attached hydrogens (tertiary/aromatic N) is 2. The number of halogens is 1. The first kappa shape index (κ1) is 22.9. The van der Waals surface area contributed by atoms with Crippen molar-refractivity contribution in [2.75, 3.05) is 32.8 Å². The highest BCUT2D eigenvalue weighted by atomic mass is 32.2. The Bertz CT molecular complexity index is 1040. The molecule has 11 heteroatoms. The Kier molecular flexibility index (Phi) is 7.44. The van der Waals surface area contributed by atoms with E-state index in [2.05, 4.69) is 0 Å². The lowest BCUT2D eigenvalue weighted by atomic mass is 10.1. The molecule has 3 rings (SSSR count). The lowest BCUT2D eigenvalue weighted by Gasteiger charge is -2.32. The molecule has 1 fully saturated rings. The van der Waals surface area contributed by atoms with Crippen LogP contribution in [0.15, 0.2) is 53.4 Å². The van der Waals surface area contributed by atoms with Gasteiger partial charge in [-0.3, -0.25) is 24.0 Å². The first-order chi connectivity index (χ1) is 14.7. The zero-order valence-corrected chi connectivity index (χ0v) is 17.3. The van der Waals surface area contributed by atoms with Crippen LogP contribution in [0.4, 0.5) is 10.1 Å². The number of non-ortho nitro benzene ring substituents is 1. The largest absolute Gasteiger partial charge is 0.373 e. The molecule has 1 unspecified atom stereocenters. The third-order valence-corrected chi connectivity index (χ3v) is 6.05. The van der Waals surface area contributed by atoms with Crippen LogP contribution in [0.5, 0.6) is 0 Å². The zero-order chi connectivity index (χ0) is 22.4. The van der Waals surface area contributed by atoms with Crippen molar-refractivity contribution < 1.29 is 31.4 Å². The molecule has 1 aliphatic rings. The molecule has 2 aromatic rings. The fraction of sp³-hybridized carbons (Fsp3) is 0.350. The zero-order valence-electron chi connectivity index (χ0n) is 16.5. The van der Waals surface area contributed by atoms with E-state index in [4.69, 9.17) is 8.92 Å². The summed E-state index contributed by atoms with van der Waals surface area (Å²) < 4.78 is 48.2. The summed E-state index contributed by atoms with van der Waals surface area (Å²) in [5, 5.41) is 10.8. The van der Waals surface area contributed by atoms with Crippen LogP contribution < -0.4 is 0 Å². The minimum atomic E-state index is -4.19. The van der Waals surface area contributed by atoms with Gasteiger partial charge in [0, 0.05) is 43.8 Å². The van der Waals surface area contributed by atoms with Crippen LogP contribution >= 0.6 is 0 Å². The molecule has 0 spiro atoms. The Hall–Kier alpha value is -2.73. The van der Waals surface area contributed by atoms with Crippen molar-refractivity contribution in [1.82, 2.24) is 4.90 Å². The van der Waals surface area contributed by atoms with Crippen molar-refractivity contribution in [3.8, 4) is 0 Å². The maximum absolute atomic E-state index is 13.0. The van der Waals surface area contributed by atoms with Crippen molar-refractivity contribution in [3.05, 3.63) is 70.0 Å². The van der Waals surface area contributed by atoms with E-state index < -0.39 is 27.0 Å². The van der Waals surface area contributed by atoms with Crippen LogP contribution in [0.25, 0.3) is 0 Å². The Balaban J connectivity index is 1.51. The highest BCUT2D eigenvalue weighted by molar-refractivity contribution is 7.86. The number of nitro benzene ring substituents is 1. The molecule has 0 aromatic heterocycles. The Morgan fingerprint density at radius 2 is 2.00 bits per heavy atom. The highest BCUT2D eigenvalue weighted by Gasteiger charge is 2.25. The van der Waals surface area contributed by atoms with Gasteiger partial charge < -0.3 is 4.74 Å². The molecular weight excluding hydrogens is 431 g/mol. The number of benzene rings is 2. The summed E-state index contributed by atoms with van der Waals surface area (Å²) in [4.78, 5) is 24.0. The second-order valence-corrected chi connectivity index (χ2v) is 8.58. The monoisotopic (exact) mass is 452 g/mol. The number of ketones is 1. The average molecular weight is 452 g/mol. The third kappa shape index (κ3) is 6.37. The molecule has 1 saturated heterocycles. The number of carbonyl (C=O) groups is 1. The molecule has 9 nitrogen and oxygen atoms in total. The van der Waals surface area contributed by atoms with Gasteiger partial charge >= 0.3 is 0 Å². The predicted octanol–water partition coefficient (Wildman–Crippen LogP) is 2.41. The second kappa shape index (κ2) is 10.1. The van der Waals surface area contributed by atoms with E-state index in [9.17, 15) is 27.7 Å². The smallest absolute Gasteiger partial charge is 0.297 e. The maximum Gasteiger partial charge on any atom is 0.297 e. The molecule has 31 heavy (non-hydrogen) atoms. The van der Waals surface area contributed by atoms with Crippen LogP contribution in [0.2, 0.25) is 0 Å². The number of morpholine rings is 1. The van der Waals surface area contributed by atoms with Gasteiger partial charge in [0.25, 0.3) is 15.8 Å². The first-order valence-corrected chi connectivity index (χ1v) is 10.9. The van der Waals surface area contributed by atoms with Gasteiger partial charge in [-0.05, 0) is 30.3 Å². The Labute approximate surface area is 178 Å². The first-order valence-electron chi connectivity index (χ1n) is 9.51. The normalized spacial score (nSPS) is 17.4. The molecule has 0 aliphatic carbocycles. The van der Waals surface area contributed by atoms with Gasteiger partial charge in [0.2, 0.25) is 0 Å². The van der Waals surface area contributed by atoms with Crippen LogP contribution in [0, 0.1) is 15.9 Å². The van der Waals surface area contributed by atoms with Gasteiger partial charge in [-0.15, -0.1) is 0 Å². The Morgan fingerprint density at radius 3 is 2.71 bits per heavy atom. The number of carbonyl (C=O) groups excluding carboxylic acids is 1. The van der Waals surface area contributed by atoms with E-state index in [1.54, 1.807) is 0 Å². The van der Waals surface area contributed by atoms with Gasteiger partial charge in [-0.25, -0.2) is 4.39 Å². The number of hydrogen-bond acceptors (Lipinski definition) is 8. The molecular formula is C20H21FN2O7S. The highest BCUT2D eigenvalue weighted by Crippen LogP contribution is 2.20. The molecule has 2 aromatic carbocycles. The quantitative estimate of drug-likeness (QED) is 0.247. The van der Waals surface area contributed by atoms with E-state index in [0.717, 1.165) is 6.07 Å². The summed E-state index contributed by atoms with van der Waals surface area (Å²) in [5.41, 5.74) is 0.0770. The number of ether oxygens (including phenoxy) is 1. The summed E-state index contributed by atoms with van der Waals surface area (Å²) >= 11 is 0. The standard InChI is InChI=1S/C20H21FN2O7S/c21-16-6-4-15(5-7-16)20(24)8-9-22-10-11-29-18(13-22)14-30-31(27,28)19-3-1-2-17(12-19)23(25)26/h1-7,12,18H,8-11,13-14H2. The number of Topliss-reactive ketones (excluding diaryl/α,β-unsaturated/α-hetero) is 1. The fourth-order valence-electron chi connectivity index (χ4n) is 3.11. The molecule has 0 amide bonds. The summed E-state index contributed by atoms with van der Waals surface area (Å²) in [5.74, 6) is -0.528. The molecule has 0 radical (unpaired) electrons. The predicted molar refractivity (Wildman–Crippen MR) is 108 cm³/mol. The van der Waals surface area contributed by atoms with Gasteiger partial charge in [-0.2, -0.15) is 8.42 Å². The van der Waals surface area contributed by atoms with E-state index in [1.807, 2.05) is 4.90 Å². The van der Waals surface area contributed by atoms with Crippen molar-refractivity contribution in [3.63, 3.8) is 0 Å². The van der Waals surface area contributed by atoms with Gasteiger partial charge in [0.15, 0.2) is 5.78 Å². The summed E-state index contributed by atoms with van der Waals surface area (Å²) in [6.07, 6.45) is -0.311. The lowest BCUT2D eigenvalue weighted by molar-refractivity contribution is -0.385. The van der Waals surface area contributed by atoms with Crippen molar-refractivity contribution in [2.24, 2.45) is 0 Å². The molecule has 0 N–H and O–H groups in total. The van der Waals surface area contributed by atoms with Crippen molar-refractivity contribution >= 4 is 21.6 Å². The van der Waals surface area contributed by atoms with Gasteiger partial charge in [0.1, 0.15) is 10.7 Å². The molecule has 0 bridgehead atoms. The van der Waals surface area contributed by atoms with Crippen LogP contribution in [0.3, 0.4) is 0 Å². The minimum Gasteiger partial charge on any atom is -0.373 e.